The van der Waals surface area contributed by atoms with Crippen LogP contribution in [0.4, 0.5) is 5.69 Å². The van der Waals surface area contributed by atoms with Crippen molar-refractivity contribution < 1.29 is 9.66 Å². The first-order valence-electron chi connectivity index (χ1n) is 4.32. The van der Waals surface area contributed by atoms with Gasteiger partial charge in [0.2, 0.25) is 0 Å². The molecule has 0 fully saturated rings. The third kappa shape index (κ3) is 2.79. The molecule has 0 aliphatic rings. The SMILES string of the molecule is C=C(OCC)c1ccc([N+](=O)[O-])c(Br)c1. The zero-order chi connectivity index (χ0) is 11.4. The number of hydrogen-bond acceptors (Lipinski definition) is 3. The summed E-state index contributed by atoms with van der Waals surface area (Å²) in [6.07, 6.45) is 0. The highest BCUT2D eigenvalue weighted by Gasteiger charge is 2.12. The summed E-state index contributed by atoms with van der Waals surface area (Å²) in [7, 11) is 0. The maximum atomic E-state index is 10.6. The summed E-state index contributed by atoms with van der Waals surface area (Å²) in [5.74, 6) is 0.507. The molecule has 0 radical (unpaired) electrons. The smallest absolute Gasteiger partial charge is 0.283 e. The predicted octanol–water partition coefficient (Wildman–Crippen LogP) is 3.36. The van der Waals surface area contributed by atoms with E-state index in [0.717, 1.165) is 5.56 Å². The van der Waals surface area contributed by atoms with Crippen LogP contribution in [0.1, 0.15) is 12.5 Å². The number of rotatable bonds is 4. The zero-order valence-corrected chi connectivity index (χ0v) is 9.78. The van der Waals surface area contributed by atoms with Crippen LogP contribution in [0, 0.1) is 10.1 Å². The second kappa shape index (κ2) is 4.93. The summed E-state index contributed by atoms with van der Waals surface area (Å²) in [4.78, 5) is 10.1. The van der Waals surface area contributed by atoms with Crippen molar-refractivity contribution >= 4 is 27.4 Å². The number of ether oxygens (including phenoxy) is 1. The lowest BCUT2D eigenvalue weighted by Gasteiger charge is -2.06. The van der Waals surface area contributed by atoms with Crippen molar-refractivity contribution in [1.29, 1.82) is 0 Å². The minimum Gasteiger partial charge on any atom is -0.494 e. The van der Waals surface area contributed by atoms with Crippen LogP contribution in [0.2, 0.25) is 0 Å². The van der Waals surface area contributed by atoms with Crippen molar-refractivity contribution in [2.24, 2.45) is 0 Å². The summed E-state index contributed by atoms with van der Waals surface area (Å²) in [5, 5.41) is 10.6. The fraction of sp³-hybridized carbons (Fsp3) is 0.200. The summed E-state index contributed by atoms with van der Waals surface area (Å²) < 4.78 is 5.62. The maximum Gasteiger partial charge on any atom is 0.283 e. The molecule has 0 saturated heterocycles. The Morgan fingerprint density at radius 2 is 2.33 bits per heavy atom. The third-order valence-electron chi connectivity index (χ3n) is 1.78. The van der Waals surface area contributed by atoms with E-state index in [1.807, 2.05) is 6.92 Å². The number of halogens is 1. The zero-order valence-electron chi connectivity index (χ0n) is 8.20. The quantitative estimate of drug-likeness (QED) is 0.479. The van der Waals surface area contributed by atoms with Gasteiger partial charge < -0.3 is 4.74 Å². The number of nitro benzene ring substituents is 1. The maximum absolute atomic E-state index is 10.6. The van der Waals surface area contributed by atoms with Crippen molar-refractivity contribution in [3.05, 3.63) is 44.9 Å². The topological polar surface area (TPSA) is 52.4 Å². The summed E-state index contributed by atoms with van der Waals surface area (Å²) in [5.41, 5.74) is 0.761. The van der Waals surface area contributed by atoms with Crippen LogP contribution >= 0.6 is 15.9 Å². The van der Waals surface area contributed by atoms with Gasteiger partial charge in [0.15, 0.2) is 0 Å². The molecule has 0 amide bonds. The molecule has 80 valence electrons. The minimum atomic E-state index is -0.447. The van der Waals surface area contributed by atoms with Crippen LogP contribution in [0.3, 0.4) is 0 Å². The van der Waals surface area contributed by atoms with Gasteiger partial charge in [0.1, 0.15) is 5.76 Å². The minimum absolute atomic E-state index is 0.0306. The first kappa shape index (κ1) is 11.7. The Bertz CT molecular complexity index is 404. The molecular formula is C10H10BrNO3. The molecule has 0 spiro atoms. The average molecular weight is 272 g/mol. The summed E-state index contributed by atoms with van der Waals surface area (Å²) in [6.45, 7) is 6.09. The van der Waals surface area contributed by atoms with Gasteiger partial charge in [-0.15, -0.1) is 0 Å². The van der Waals surface area contributed by atoms with E-state index in [1.54, 1.807) is 12.1 Å². The van der Waals surface area contributed by atoms with Gasteiger partial charge in [-0.3, -0.25) is 10.1 Å². The van der Waals surface area contributed by atoms with Gasteiger partial charge in [-0.05, 0) is 35.0 Å². The van der Waals surface area contributed by atoms with Gasteiger partial charge in [-0.25, -0.2) is 0 Å². The lowest BCUT2D eigenvalue weighted by atomic mass is 10.2. The predicted molar refractivity (Wildman–Crippen MR) is 61.5 cm³/mol. The van der Waals surface area contributed by atoms with Crippen LogP contribution in [0.15, 0.2) is 29.3 Å². The Morgan fingerprint density at radius 1 is 1.67 bits per heavy atom. The van der Waals surface area contributed by atoms with E-state index >= 15 is 0 Å². The van der Waals surface area contributed by atoms with Gasteiger partial charge in [0.25, 0.3) is 5.69 Å². The number of nitrogens with zero attached hydrogens (tertiary/aromatic N) is 1. The van der Waals surface area contributed by atoms with E-state index in [1.165, 1.54) is 6.07 Å². The van der Waals surface area contributed by atoms with Gasteiger partial charge in [0, 0.05) is 11.6 Å². The van der Waals surface area contributed by atoms with Crippen molar-refractivity contribution in [3.8, 4) is 0 Å². The summed E-state index contributed by atoms with van der Waals surface area (Å²) >= 11 is 3.13. The fourth-order valence-corrected chi connectivity index (χ4v) is 1.61. The molecule has 0 heterocycles. The van der Waals surface area contributed by atoms with E-state index in [-0.39, 0.29) is 5.69 Å². The van der Waals surface area contributed by atoms with Crippen molar-refractivity contribution in [2.75, 3.05) is 6.61 Å². The third-order valence-corrected chi connectivity index (χ3v) is 2.42. The van der Waals surface area contributed by atoms with Gasteiger partial charge in [-0.1, -0.05) is 6.58 Å². The molecule has 1 aromatic rings. The molecule has 15 heavy (non-hydrogen) atoms. The molecule has 0 atom stereocenters. The monoisotopic (exact) mass is 271 g/mol. The second-order valence-corrected chi connectivity index (χ2v) is 3.63. The normalized spacial score (nSPS) is 9.73. The number of hydrogen-bond donors (Lipinski definition) is 0. The van der Waals surface area contributed by atoms with E-state index in [2.05, 4.69) is 22.5 Å². The molecule has 1 rings (SSSR count). The Kier molecular flexibility index (Phi) is 3.85. The van der Waals surface area contributed by atoms with Crippen molar-refractivity contribution in [1.82, 2.24) is 0 Å². The van der Waals surface area contributed by atoms with Crippen molar-refractivity contribution in [2.45, 2.75) is 6.92 Å². The molecular weight excluding hydrogens is 262 g/mol. The molecule has 0 aliphatic heterocycles. The lowest BCUT2D eigenvalue weighted by molar-refractivity contribution is -0.385. The Balaban J connectivity index is 3.01. The molecule has 0 saturated carbocycles. The molecule has 5 heteroatoms. The highest BCUT2D eigenvalue weighted by Crippen LogP contribution is 2.28. The average Bonchev–Trinajstić information content (AvgIpc) is 2.17. The van der Waals surface area contributed by atoms with E-state index in [0.29, 0.717) is 16.8 Å². The highest BCUT2D eigenvalue weighted by atomic mass is 79.9. The summed E-state index contributed by atoms with van der Waals surface area (Å²) in [6, 6.07) is 4.65. The van der Waals surface area contributed by atoms with Crippen LogP contribution in [-0.2, 0) is 4.74 Å². The fourth-order valence-electron chi connectivity index (χ4n) is 1.09. The van der Waals surface area contributed by atoms with E-state index in [4.69, 9.17) is 4.74 Å². The van der Waals surface area contributed by atoms with Crippen LogP contribution in [0.5, 0.6) is 0 Å². The molecule has 0 unspecified atom stereocenters. The van der Waals surface area contributed by atoms with Crippen LogP contribution < -0.4 is 0 Å². The second-order valence-electron chi connectivity index (χ2n) is 2.78. The Morgan fingerprint density at radius 3 is 2.80 bits per heavy atom. The van der Waals surface area contributed by atoms with E-state index in [9.17, 15) is 10.1 Å². The lowest BCUT2D eigenvalue weighted by Crippen LogP contribution is -1.93. The molecule has 0 bridgehead atoms. The highest BCUT2D eigenvalue weighted by molar-refractivity contribution is 9.10. The van der Waals surface area contributed by atoms with Gasteiger partial charge >= 0.3 is 0 Å². The van der Waals surface area contributed by atoms with Gasteiger partial charge in [0.05, 0.1) is 16.0 Å². The van der Waals surface area contributed by atoms with Crippen molar-refractivity contribution in [3.63, 3.8) is 0 Å². The van der Waals surface area contributed by atoms with Gasteiger partial charge in [-0.2, -0.15) is 0 Å². The Labute approximate surface area is 95.8 Å². The molecule has 0 aliphatic carbocycles. The molecule has 0 N–H and O–H groups in total. The standard InChI is InChI=1S/C10H10BrNO3/c1-3-15-7(2)8-4-5-10(12(13)14)9(11)6-8/h4-6H,2-3H2,1H3. The number of nitro groups is 1. The molecule has 1 aromatic carbocycles. The molecule has 0 aromatic heterocycles. The molecule has 4 nitrogen and oxygen atoms in total. The number of benzene rings is 1. The first-order valence-corrected chi connectivity index (χ1v) is 5.11. The Hall–Kier alpha value is -1.36. The van der Waals surface area contributed by atoms with E-state index < -0.39 is 4.92 Å². The first-order chi connectivity index (χ1) is 7.06. The van der Waals surface area contributed by atoms with Crippen LogP contribution in [-0.4, -0.2) is 11.5 Å². The van der Waals surface area contributed by atoms with Crippen LogP contribution in [0.25, 0.3) is 5.76 Å². The largest absolute Gasteiger partial charge is 0.494 e.